The van der Waals surface area contributed by atoms with Gasteiger partial charge in [0.25, 0.3) is 0 Å². The van der Waals surface area contributed by atoms with Gasteiger partial charge in [0, 0.05) is 55.8 Å². The summed E-state index contributed by atoms with van der Waals surface area (Å²) in [6, 6.07) is 11.7. The molecule has 1 N–H and O–H groups in total. The topological polar surface area (TPSA) is 55.9 Å². The first-order chi connectivity index (χ1) is 16.0. The van der Waals surface area contributed by atoms with Crippen molar-refractivity contribution in [3.05, 3.63) is 59.7 Å². The predicted molar refractivity (Wildman–Crippen MR) is 121 cm³/mol. The van der Waals surface area contributed by atoms with E-state index < -0.39 is 0 Å². The number of hydrogen-bond acceptors (Lipinski definition) is 4. The number of fused-ring (bicyclic) bond motifs is 3. The van der Waals surface area contributed by atoms with E-state index in [1.807, 2.05) is 6.07 Å². The van der Waals surface area contributed by atoms with Crippen LogP contribution in [0.4, 0.5) is 20.2 Å². The standard InChI is InChI=1S/C25H28F2N4O2/c26-17-3-6-19(7-4-17)31-22-8-5-18(27)15-20(22)21-16-29(14-11-23(21)31)12-1-2-13-30-25(33)10-9-24(32)28-30/h3-8,15,21,23H,1-2,9-14,16H2,(H,28,32)/t21-,23+/m0/s1. The molecule has 2 amide bonds. The summed E-state index contributed by atoms with van der Waals surface area (Å²) in [5, 5.41) is 1.44. The molecule has 3 aliphatic heterocycles. The van der Waals surface area contributed by atoms with Crippen LogP contribution in [0.1, 0.15) is 43.6 Å². The molecule has 6 nitrogen and oxygen atoms in total. The number of unbranched alkanes of at least 4 members (excludes halogenated alkanes) is 1. The molecule has 0 unspecified atom stereocenters. The number of hydrazine groups is 1. The lowest BCUT2D eigenvalue weighted by Crippen LogP contribution is -2.50. The maximum Gasteiger partial charge on any atom is 0.241 e. The number of likely N-dealkylation sites (tertiary alicyclic amines) is 1. The molecule has 174 valence electrons. The Morgan fingerprint density at radius 2 is 1.70 bits per heavy atom. The minimum atomic E-state index is -0.269. The summed E-state index contributed by atoms with van der Waals surface area (Å²) in [7, 11) is 0. The summed E-state index contributed by atoms with van der Waals surface area (Å²) in [6.07, 6.45) is 3.20. The van der Waals surface area contributed by atoms with Gasteiger partial charge in [-0.2, -0.15) is 0 Å². The van der Waals surface area contributed by atoms with Gasteiger partial charge in [-0.1, -0.05) is 0 Å². The Morgan fingerprint density at radius 1 is 0.939 bits per heavy atom. The quantitative estimate of drug-likeness (QED) is 0.677. The molecule has 0 aromatic heterocycles. The van der Waals surface area contributed by atoms with E-state index in [0.717, 1.165) is 55.8 Å². The highest BCUT2D eigenvalue weighted by atomic mass is 19.1. The van der Waals surface area contributed by atoms with E-state index >= 15 is 0 Å². The summed E-state index contributed by atoms with van der Waals surface area (Å²) in [5.74, 6) is -0.457. The van der Waals surface area contributed by atoms with Crippen LogP contribution in [0.15, 0.2) is 42.5 Å². The van der Waals surface area contributed by atoms with Crippen LogP contribution >= 0.6 is 0 Å². The van der Waals surface area contributed by atoms with Gasteiger partial charge in [-0.25, -0.2) is 8.78 Å². The van der Waals surface area contributed by atoms with Gasteiger partial charge in [0.1, 0.15) is 11.6 Å². The number of anilines is 2. The van der Waals surface area contributed by atoms with Crippen LogP contribution in [0, 0.1) is 11.6 Å². The first-order valence-corrected chi connectivity index (χ1v) is 11.7. The van der Waals surface area contributed by atoms with Gasteiger partial charge in [0.15, 0.2) is 0 Å². The number of carbonyl (C=O) groups is 2. The number of piperidine rings is 1. The highest BCUT2D eigenvalue weighted by Crippen LogP contribution is 2.48. The maximum atomic E-state index is 14.1. The lowest BCUT2D eigenvalue weighted by atomic mass is 9.89. The smallest absolute Gasteiger partial charge is 0.241 e. The minimum absolute atomic E-state index is 0.0270. The highest BCUT2D eigenvalue weighted by molar-refractivity contribution is 5.89. The summed E-state index contributed by atoms with van der Waals surface area (Å²) in [6.45, 7) is 3.17. The van der Waals surface area contributed by atoms with Gasteiger partial charge in [-0.3, -0.25) is 20.0 Å². The van der Waals surface area contributed by atoms with Crippen molar-refractivity contribution >= 4 is 23.2 Å². The molecule has 0 spiro atoms. The minimum Gasteiger partial charge on any atom is -0.337 e. The lowest BCUT2D eigenvalue weighted by molar-refractivity contribution is -0.147. The molecule has 2 aromatic rings. The molecule has 3 aliphatic rings. The van der Waals surface area contributed by atoms with Gasteiger partial charge in [0.2, 0.25) is 11.8 Å². The molecule has 2 saturated heterocycles. The summed E-state index contributed by atoms with van der Waals surface area (Å²) in [5.41, 5.74) is 5.58. The number of benzene rings is 2. The Bertz CT molecular complexity index is 1050. The van der Waals surface area contributed by atoms with E-state index in [2.05, 4.69) is 15.2 Å². The molecule has 2 atom stereocenters. The van der Waals surface area contributed by atoms with Crippen LogP contribution in [0.5, 0.6) is 0 Å². The van der Waals surface area contributed by atoms with Crippen LogP contribution in [-0.2, 0) is 9.59 Å². The zero-order valence-electron chi connectivity index (χ0n) is 18.5. The zero-order valence-corrected chi connectivity index (χ0v) is 18.5. The van der Waals surface area contributed by atoms with Gasteiger partial charge in [-0.05, 0) is 73.8 Å². The highest BCUT2D eigenvalue weighted by Gasteiger charge is 2.42. The predicted octanol–water partition coefficient (Wildman–Crippen LogP) is 3.71. The second kappa shape index (κ2) is 9.09. The molecule has 5 rings (SSSR count). The first kappa shape index (κ1) is 21.8. The molecular formula is C25H28F2N4O2. The Kier molecular flexibility index (Phi) is 6.01. The normalized spacial score (nSPS) is 22.8. The second-order valence-electron chi connectivity index (χ2n) is 9.10. The third-order valence-corrected chi connectivity index (χ3v) is 6.98. The average molecular weight is 455 g/mol. The molecule has 2 aromatic carbocycles. The number of nitrogens with one attached hydrogen (secondary N) is 1. The number of carbonyl (C=O) groups excluding carboxylic acids is 2. The Labute approximate surface area is 192 Å². The van der Waals surface area contributed by atoms with Crippen LogP contribution in [-0.4, -0.2) is 53.9 Å². The first-order valence-electron chi connectivity index (χ1n) is 11.7. The van der Waals surface area contributed by atoms with Crippen molar-refractivity contribution in [2.24, 2.45) is 0 Å². The van der Waals surface area contributed by atoms with Crippen molar-refractivity contribution in [3.63, 3.8) is 0 Å². The summed E-state index contributed by atoms with van der Waals surface area (Å²) < 4.78 is 27.6. The Hall–Kier alpha value is -3.00. The SMILES string of the molecule is O=C1CCC(=O)N(CCCCN2CC[C@@H]3[C@@H](C2)c2cc(F)ccc2N3c2ccc(F)cc2)N1. The Balaban J connectivity index is 1.23. The average Bonchev–Trinajstić information content (AvgIpc) is 3.12. The molecule has 0 radical (unpaired) electrons. The van der Waals surface area contributed by atoms with Gasteiger partial charge < -0.3 is 9.80 Å². The molecular weight excluding hydrogens is 426 g/mol. The molecule has 0 aliphatic carbocycles. The maximum absolute atomic E-state index is 14.1. The zero-order chi connectivity index (χ0) is 22.9. The third-order valence-electron chi connectivity index (χ3n) is 6.98. The van der Waals surface area contributed by atoms with E-state index in [4.69, 9.17) is 0 Å². The van der Waals surface area contributed by atoms with E-state index in [1.54, 1.807) is 18.2 Å². The third kappa shape index (κ3) is 4.44. The van der Waals surface area contributed by atoms with Crippen LogP contribution in [0.25, 0.3) is 0 Å². The van der Waals surface area contributed by atoms with Crippen molar-refractivity contribution in [1.82, 2.24) is 15.3 Å². The number of hydrogen-bond donors (Lipinski definition) is 1. The Morgan fingerprint density at radius 3 is 2.52 bits per heavy atom. The molecule has 2 fully saturated rings. The van der Waals surface area contributed by atoms with Gasteiger partial charge in [-0.15, -0.1) is 0 Å². The molecule has 3 heterocycles. The van der Waals surface area contributed by atoms with E-state index in [0.29, 0.717) is 6.54 Å². The van der Waals surface area contributed by atoms with Crippen molar-refractivity contribution in [1.29, 1.82) is 0 Å². The van der Waals surface area contributed by atoms with Crippen LogP contribution in [0.3, 0.4) is 0 Å². The van der Waals surface area contributed by atoms with Crippen molar-refractivity contribution in [2.45, 2.75) is 44.1 Å². The van der Waals surface area contributed by atoms with Gasteiger partial charge in [0.05, 0.1) is 0 Å². The molecule has 33 heavy (non-hydrogen) atoms. The number of amides is 2. The monoisotopic (exact) mass is 454 g/mol. The van der Waals surface area contributed by atoms with Crippen molar-refractivity contribution < 1.29 is 18.4 Å². The fraction of sp³-hybridized carbons (Fsp3) is 0.440. The number of nitrogens with zero attached hydrogens (tertiary/aromatic N) is 3. The van der Waals surface area contributed by atoms with E-state index in [9.17, 15) is 18.4 Å². The largest absolute Gasteiger partial charge is 0.337 e. The van der Waals surface area contributed by atoms with Crippen LogP contribution < -0.4 is 10.3 Å². The molecule has 8 heteroatoms. The number of halogens is 2. The van der Waals surface area contributed by atoms with Gasteiger partial charge >= 0.3 is 0 Å². The fourth-order valence-corrected chi connectivity index (χ4v) is 5.39. The molecule has 0 bridgehead atoms. The van der Waals surface area contributed by atoms with Crippen molar-refractivity contribution in [2.75, 3.05) is 31.1 Å². The number of rotatable bonds is 6. The molecule has 0 saturated carbocycles. The van der Waals surface area contributed by atoms with E-state index in [1.165, 1.54) is 23.2 Å². The van der Waals surface area contributed by atoms with Crippen LogP contribution in [0.2, 0.25) is 0 Å². The van der Waals surface area contributed by atoms with Crippen molar-refractivity contribution in [3.8, 4) is 0 Å². The summed E-state index contributed by atoms with van der Waals surface area (Å²) >= 11 is 0. The fourth-order valence-electron chi connectivity index (χ4n) is 5.39. The summed E-state index contributed by atoms with van der Waals surface area (Å²) in [4.78, 5) is 28.1. The van der Waals surface area contributed by atoms with E-state index in [-0.39, 0.29) is 48.3 Å². The second-order valence-corrected chi connectivity index (χ2v) is 9.10. The lowest BCUT2D eigenvalue weighted by Gasteiger charge is -2.39.